The number of fused-ring (bicyclic) bond motifs is 1. The molecule has 5 nitrogen and oxygen atoms in total. The van der Waals surface area contributed by atoms with Crippen molar-refractivity contribution < 1.29 is 4.79 Å². The van der Waals surface area contributed by atoms with E-state index in [0.29, 0.717) is 10.7 Å². The lowest BCUT2D eigenvalue weighted by Gasteiger charge is -2.22. The highest BCUT2D eigenvalue weighted by Gasteiger charge is 2.31. The molecule has 0 atom stereocenters. The van der Waals surface area contributed by atoms with Gasteiger partial charge in [-0.25, -0.2) is 0 Å². The molecular formula is C21H20N4OS. The van der Waals surface area contributed by atoms with E-state index in [1.807, 2.05) is 12.3 Å². The highest BCUT2D eigenvalue weighted by atomic mass is 32.2. The Kier molecular flexibility index (Phi) is 4.15. The summed E-state index contributed by atoms with van der Waals surface area (Å²) in [6.07, 6.45) is 3.55. The van der Waals surface area contributed by atoms with Crippen LogP contribution in [0.2, 0.25) is 0 Å². The summed E-state index contributed by atoms with van der Waals surface area (Å²) in [5.41, 5.74) is 6.97. The summed E-state index contributed by atoms with van der Waals surface area (Å²) < 4.78 is 2.20. The van der Waals surface area contributed by atoms with Gasteiger partial charge in [-0.1, -0.05) is 23.9 Å². The van der Waals surface area contributed by atoms with E-state index in [4.69, 9.17) is 5.41 Å². The van der Waals surface area contributed by atoms with Crippen molar-refractivity contribution in [2.24, 2.45) is 4.99 Å². The number of thioether (sulfide) groups is 1. The van der Waals surface area contributed by atoms with Gasteiger partial charge in [0.1, 0.15) is 5.84 Å². The molecule has 0 saturated heterocycles. The molecule has 3 heterocycles. The summed E-state index contributed by atoms with van der Waals surface area (Å²) in [5.74, 6) is -0.193. The summed E-state index contributed by atoms with van der Waals surface area (Å²) in [6, 6.07) is 8.33. The van der Waals surface area contributed by atoms with Crippen molar-refractivity contribution in [2.75, 3.05) is 0 Å². The van der Waals surface area contributed by atoms with Crippen molar-refractivity contribution in [3.05, 3.63) is 69.5 Å². The molecule has 6 heteroatoms. The molecule has 0 bridgehead atoms. The molecule has 2 aliphatic rings. The molecule has 136 valence electrons. The Morgan fingerprint density at radius 2 is 1.96 bits per heavy atom. The summed E-state index contributed by atoms with van der Waals surface area (Å²) in [5, 5.41) is 10.8. The van der Waals surface area contributed by atoms with Gasteiger partial charge in [-0.2, -0.15) is 4.99 Å². The van der Waals surface area contributed by atoms with Crippen molar-refractivity contribution in [1.29, 1.82) is 5.41 Å². The van der Waals surface area contributed by atoms with Crippen LogP contribution in [0.1, 0.15) is 28.1 Å². The highest BCUT2D eigenvalue weighted by Crippen LogP contribution is 2.30. The molecule has 2 aromatic rings. The standard InChI is InChI=1S/C21H20N4OS/c1-12-6-5-7-18(14(12)3)25-13(2)10-16(15(25)4)11-17-19(22)24-8-9-27-21(24)23-20(17)26/h5-11,22H,1-4H3. The molecule has 4 rings (SSSR count). The number of aryl methyl sites for hydroxylation is 2. The SMILES string of the molecule is Cc1cccc(-n2c(C)cc(C=C3C(=N)N4C=CSC4=NC3=O)c2C)c1C. The van der Waals surface area contributed by atoms with Gasteiger partial charge in [-0.05, 0) is 68.0 Å². The van der Waals surface area contributed by atoms with Crippen LogP contribution in [0.3, 0.4) is 0 Å². The molecule has 1 aromatic heterocycles. The fraction of sp³-hybridized carbons (Fsp3) is 0.190. The van der Waals surface area contributed by atoms with Gasteiger partial charge in [-0.15, -0.1) is 0 Å². The van der Waals surface area contributed by atoms with Gasteiger partial charge in [0.25, 0.3) is 5.91 Å². The molecule has 0 unspecified atom stereocenters. The predicted molar refractivity (Wildman–Crippen MR) is 111 cm³/mol. The number of hydrogen-bond donors (Lipinski definition) is 1. The average molecular weight is 376 g/mol. The zero-order valence-electron chi connectivity index (χ0n) is 15.7. The number of aromatic nitrogens is 1. The Morgan fingerprint density at radius 1 is 1.19 bits per heavy atom. The summed E-state index contributed by atoms with van der Waals surface area (Å²) in [4.78, 5) is 18.2. The fourth-order valence-electron chi connectivity index (χ4n) is 3.47. The molecule has 1 aromatic carbocycles. The van der Waals surface area contributed by atoms with Gasteiger partial charge >= 0.3 is 0 Å². The van der Waals surface area contributed by atoms with E-state index < -0.39 is 0 Å². The van der Waals surface area contributed by atoms with Crippen LogP contribution in [-0.4, -0.2) is 26.4 Å². The zero-order valence-corrected chi connectivity index (χ0v) is 16.5. The van der Waals surface area contributed by atoms with Crippen LogP contribution in [0, 0.1) is 33.1 Å². The third-order valence-corrected chi connectivity index (χ3v) is 5.86. The Balaban J connectivity index is 1.82. The number of benzene rings is 1. The predicted octanol–water partition coefficient (Wildman–Crippen LogP) is 4.49. The highest BCUT2D eigenvalue weighted by molar-refractivity contribution is 8.16. The molecule has 1 amide bonds. The second-order valence-corrected chi connectivity index (χ2v) is 7.63. The average Bonchev–Trinajstić information content (AvgIpc) is 3.19. The third-order valence-electron chi connectivity index (χ3n) is 5.10. The van der Waals surface area contributed by atoms with Crippen LogP contribution in [-0.2, 0) is 4.79 Å². The minimum absolute atomic E-state index is 0.169. The van der Waals surface area contributed by atoms with E-state index in [1.165, 1.54) is 22.9 Å². The van der Waals surface area contributed by atoms with E-state index in [2.05, 4.69) is 54.6 Å². The van der Waals surface area contributed by atoms with Crippen molar-refractivity contribution >= 4 is 34.7 Å². The molecule has 0 saturated carbocycles. The van der Waals surface area contributed by atoms with Crippen molar-refractivity contribution in [3.8, 4) is 5.69 Å². The quantitative estimate of drug-likeness (QED) is 0.786. The first kappa shape index (κ1) is 17.5. The van der Waals surface area contributed by atoms with Crippen molar-refractivity contribution in [1.82, 2.24) is 9.47 Å². The molecule has 0 spiro atoms. The van der Waals surface area contributed by atoms with Crippen LogP contribution in [0.4, 0.5) is 0 Å². The number of carbonyl (C=O) groups excluding carboxylic acids is 1. The van der Waals surface area contributed by atoms with Gasteiger partial charge in [-0.3, -0.25) is 15.1 Å². The second-order valence-electron chi connectivity index (χ2n) is 6.76. The number of rotatable bonds is 2. The molecular weight excluding hydrogens is 356 g/mol. The molecule has 0 fully saturated rings. The maximum atomic E-state index is 12.5. The zero-order chi connectivity index (χ0) is 19.3. The van der Waals surface area contributed by atoms with E-state index in [-0.39, 0.29) is 11.7 Å². The van der Waals surface area contributed by atoms with Crippen LogP contribution in [0.15, 0.2) is 46.4 Å². The van der Waals surface area contributed by atoms with Gasteiger partial charge in [0, 0.05) is 23.3 Å². The van der Waals surface area contributed by atoms with E-state index in [0.717, 1.165) is 22.6 Å². The number of nitrogens with one attached hydrogen (secondary N) is 1. The Hall–Kier alpha value is -2.86. The maximum Gasteiger partial charge on any atom is 0.283 e. The van der Waals surface area contributed by atoms with E-state index in [1.54, 1.807) is 17.2 Å². The number of nitrogens with zero attached hydrogens (tertiary/aromatic N) is 3. The summed E-state index contributed by atoms with van der Waals surface area (Å²) >= 11 is 1.35. The molecule has 0 radical (unpaired) electrons. The minimum Gasteiger partial charge on any atom is -0.318 e. The number of aliphatic imine (C=N–C) groups is 1. The number of amidine groups is 2. The lowest BCUT2D eigenvalue weighted by Crippen LogP contribution is -2.35. The van der Waals surface area contributed by atoms with Crippen LogP contribution < -0.4 is 0 Å². The van der Waals surface area contributed by atoms with Crippen LogP contribution in [0.25, 0.3) is 11.8 Å². The van der Waals surface area contributed by atoms with Gasteiger partial charge in [0.2, 0.25) is 0 Å². The van der Waals surface area contributed by atoms with E-state index >= 15 is 0 Å². The first-order valence-electron chi connectivity index (χ1n) is 8.70. The fourth-order valence-corrected chi connectivity index (χ4v) is 4.17. The van der Waals surface area contributed by atoms with Crippen LogP contribution in [0.5, 0.6) is 0 Å². The normalized spacial score (nSPS) is 17.7. The molecule has 27 heavy (non-hydrogen) atoms. The van der Waals surface area contributed by atoms with Gasteiger partial charge in [0.15, 0.2) is 5.17 Å². The number of amides is 1. The lowest BCUT2D eigenvalue weighted by atomic mass is 10.1. The lowest BCUT2D eigenvalue weighted by molar-refractivity contribution is -0.114. The second kappa shape index (κ2) is 6.39. The van der Waals surface area contributed by atoms with Gasteiger partial charge < -0.3 is 4.57 Å². The number of hydrogen-bond acceptors (Lipinski definition) is 3. The summed E-state index contributed by atoms with van der Waals surface area (Å²) in [7, 11) is 0. The Bertz CT molecular complexity index is 1090. The first-order valence-corrected chi connectivity index (χ1v) is 9.58. The molecule has 1 N–H and O–H groups in total. The first-order chi connectivity index (χ1) is 12.9. The topological polar surface area (TPSA) is 61.5 Å². The Morgan fingerprint density at radius 3 is 2.74 bits per heavy atom. The monoisotopic (exact) mass is 376 g/mol. The van der Waals surface area contributed by atoms with Crippen molar-refractivity contribution in [2.45, 2.75) is 27.7 Å². The van der Waals surface area contributed by atoms with Crippen LogP contribution >= 0.6 is 11.8 Å². The maximum absolute atomic E-state index is 12.5. The smallest absolute Gasteiger partial charge is 0.283 e. The van der Waals surface area contributed by atoms with Gasteiger partial charge in [0.05, 0.1) is 5.57 Å². The minimum atomic E-state index is -0.362. The molecule has 0 aliphatic carbocycles. The Labute approximate surface area is 162 Å². The van der Waals surface area contributed by atoms with E-state index in [9.17, 15) is 4.79 Å². The largest absolute Gasteiger partial charge is 0.318 e. The third kappa shape index (κ3) is 2.77. The molecule has 2 aliphatic heterocycles. The van der Waals surface area contributed by atoms with Crippen molar-refractivity contribution in [3.63, 3.8) is 0 Å². The summed E-state index contributed by atoms with van der Waals surface area (Å²) in [6.45, 7) is 8.32. The number of carbonyl (C=O) groups is 1.